The number of aryl methyl sites for hydroxylation is 2. The summed E-state index contributed by atoms with van der Waals surface area (Å²) in [4.78, 5) is 14.4. The van der Waals surface area contributed by atoms with E-state index in [4.69, 9.17) is 5.10 Å². The monoisotopic (exact) mass is 354 g/mol. The van der Waals surface area contributed by atoms with Crippen LogP contribution in [0.25, 0.3) is 0 Å². The topological polar surface area (TPSA) is 50.2 Å². The third kappa shape index (κ3) is 4.15. The fraction of sp³-hybridized carbons (Fsp3) is 0.524. The van der Waals surface area contributed by atoms with Crippen LogP contribution in [0.2, 0.25) is 0 Å². The molecule has 3 rings (SSSR count). The van der Waals surface area contributed by atoms with Gasteiger partial charge in [-0.1, -0.05) is 29.8 Å². The highest BCUT2D eigenvalue weighted by atomic mass is 16.2. The summed E-state index contributed by atoms with van der Waals surface area (Å²) >= 11 is 0. The number of aromatic nitrogens is 2. The van der Waals surface area contributed by atoms with E-state index in [-0.39, 0.29) is 5.91 Å². The SMILES string of the molecule is Cc1ccc(Cn2nc(C)c(CCC(=O)N(C)C3CCNC3)c2C)cc1. The molecule has 1 aliphatic rings. The van der Waals surface area contributed by atoms with Crippen molar-refractivity contribution in [2.24, 2.45) is 0 Å². The lowest BCUT2D eigenvalue weighted by atomic mass is 10.1. The van der Waals surface area contributed by atoms with Crippen LogP contribution in [0.5, 0.6) is 0 Å². The van der Waals surface area contributed by atoms with Crippen molar-refractivity contribution in [3.8, 4) is 0 Å². The zero-order chi connectivity index (χ0) is 18.7. The summed E-state index contributed by atoms with van der Waals surface area (Å²) in [6, 6.07) is 8.91. The molecule has 5 nitrogen and oxygen atoms in total. The maximum absolute atomic E-state index is 12.5. The first-order chi connectivity index (χ1) is 12.5. The Morgan fingerprint density at radius 2 is 2.00 bits per heavy atom. The highest BCUT2D eigenvalue weighted by molar-refractivity contribution is 5.76. The Bertz CT molecular complexity index is 757. The maximum atomic E-state index is 12.5. The number of hydrogen-bond donors (Lipinski definition) is 1. The molecule has 1 N–H and O–H groups in total. The number of nitrogens with one attached hydrogen (secondary N) is 1. The van der Waals surface area contributed by atoms with Crippen molar-refractivity contribution in [1.82, 2.24) is 20.0 Å². The predicted molar refractivity (Wildman–Crippen MR) is 104 cm³/mol. The van der Waals surface area contributed by atoms with Crippen molar-refractivity contribution < 1.29 is 4.79 Å². The number of likely N-dealkylation sites (N-methyl/N-ethyl adjacent to an activating group) is 1. The standard InChI is InChI=1S/C21H30N4O/c1-15-5-7-18(8-6-15)14-25-17(3)20(16(2)23-25)9-10-21(26)24(4)19-11-12-22-13-19/h5-8,19,22H,9-14H2,1-4H3. The number of hydrogen-bond acceptors (Lipinski definition) is 3. The Morgan fingerprint density at radius 3 is 2.65 bits per heavy atom. The molecule has 0 radical (unpaired) electrons. The third-order valence-corrected chi connectivity index (χ3v) is 5.55. The summed E-state index contributed by atoms with van der Waals surface area (Å²) in [6.07, 6.45) is 2.36. The molecule has 1 amide bonds. The summed E-state index contributed by atoms with van der Waals surface area (Å²) < 4.78 is 2.06. The molecule has 140 valence electrons. The molecule has 0 aliphatic carbocycles. The number of amides is 1. The minimum absolute atomic E-state index is 0.226. The van der Waals surface area contributed by atoms with Crippen LogP contribution in [0.1, 0.15) is 40.9 Å². The molecular formula is C21H30N4O. The van der Waals surface area contributed by atoms with Crippen molar-refractivity contribution in [1.29, 1.82) is 0 Å². The van der Waals surface area contributed by atoms with Crippen molar-refractivity contribution in [3.05, 3.63) is 52.3 Å². The summed E-state index contributed by atoms with van der Waals surface area (Å²) in [7, 11) is 1.93. The molecule has 0 spiro atoms. The second-order valence-corrected chi connectivity index (χ2v) is 7.44. The maximum Gasteiger partial charge on any atom is 0.222 e. The van der Waals surface area contributed by atoms with Crippen molar-refractivity contribution in [3.63, 3.8) is 0 Å². The van der Waals surface area contributed by atoms with Crippen LogP contribution < -0.4 is 5.32 Å². The Labute approximate surface area is 156 Å². The highest BCUT2D eigenvalue weighted by Gasteiger charge is 2.23. The first-order valence-electron chi connectivity index (χ1n) is 9.50. The van der Waals surface area contributed by atoms with Gasteiger partial charge < -0.3 is 10.2 Å². The molecule has 0 bridgehead atoms. The van der Waals surface area contributed by atoms with Crippen LogP contribution >= 0.6 is 0 Å². The minimum atomic E-state index is 0.226. The van der Waals surface area contributed by atoms with Gasteiger partial charge in [0.1, 0.15) is 0 Å². The molecule has 1 aromatic carbocycles. The van der Waals surface area contributed by atoms with E-state index >= 15 is 0 Å². The second kappa shape index (κ2) is 8.04. The van der Waals surface area contributed by atoms with Crippen LogP contribution in [0, 0.1) is 20.8 Å². The normalized spacial score (nSPS) is 16.8. The lowest BCUT2D eigenvalue weighted by molar-refractivity contribution is -0.131. The molecule has 2 heterocycles. The van der Waals surface area contributed by atoms with Gasteiger partial charge in [0.2, 0.25) is 5.91 Å². The molecule has 1 saturated heterocycles. The Hall–Kier alpha value is -2.14. The number of carbonyl (C=O) groups is 1. The Kier molecular flexibility index (Phi) is 5.77. The first kappa shape index (κ1) is 18.6. The third-order valence-electron chi connectivity index (χ3n) is 5.55. The van der Waals surface area contributed by atoms with E-state index in [0.29, 0.717) is 12.5 Å². The van der Waals surface area contributed by atoms with Gasteiger partial charge in [-0.3, -0.25) is 9.48 Å². The molecule has 1 aromatic heterocycles. The number of nitrogens with zero attached hydrogens (tertiary/aromatic N) is 3. The van der Waals surface area contributed by atoms with Gasteiger partial charge in [-0.15, -0.1) is 0 Å². The molecule has 0 saturated carbocycles. The summed E-state index contributed by atoms with van der Waals surface area (Å²) in [5.41, 5.74) is 5.93. The molecule has 26 heavy (non-hydrogen) atoms. The van der Waals surface area contributed by atoms with E-state index in [1.165, 1.54) is 22.4 Å². The van der Waals surface area contributed by atoms with E-state index in [9.17, 15) is 4.79 Å². The molecule has 5 heteroatoms. The van der Waals surface area contributed by atoms with Gasteiger partial charge in [0.25, 0.3) is 0 Å². The van der Waals surface area contributed by atoms with E-state index in [1.807, 2.05) is 18.9 Å². The molecule has 1 fully saturated rings. The smallest absolute Gasteiger partial charge is 0.222 e. The zero-order valence-corrected chi connectivity index (χ0v) is 16.4. The number of rotatable bonds is 6. The second-order valence-electron chi connectivity index (χ2n) is 7.44. The van der Waals surface area contributed by atoms with Gasteiger partial charge >= 0.3 is 0 Å². The first-order valence-corrected chi connectivity index (χ1v) is 9.50. The van der Waals surface area contributed by atoms with Crippen LogP contribution in [-0.2, 0) is 17.8 Å². The number of carbonyl (C=O) groups excluding carboxylic acids is 1. The Balaban J connectivity index is 1.64. The van der Waals surface area contributed by atoms with E-state index in [2.05, 4.69) is 48.1 Å². The van der Waals surface area contributed by atoms with Crippen molar-refractivity contribution >= 4 is 5.91 Å². The minimum Gasteiger partial charge on any atom is -0.341 e. The van der Waals surface area contributed by atoms with Crippen LogP contribution in [0.15, 0.2) is 24.3 Å². The largest absolute Gasteiger partial charge is 0.341 e. The van der Waals surface area contributed by atoms with Crippen LogP contribution in [-0.4, -0.2) is 46.8 Å². The predicted octanol–water partition coefficient (Wildman–Crippen LogP) is 2.61. The van der Waals surface area contributed by atoms with Gasteiger partial charge in [0.05, 0.1) is 12.2 Å². The summed E-state index contributed by atoms with van der Waals surface area (Å²) in [5, 5.41) is 8.03. The van der Waals surface area contributed by atoms with Gasteiger partial charge in [-0.05, 0) is 51.3 Å². The average molecular weight is 354 g/mol. The highest BCUT2D eigenvalue weighted by Crippen LogP contribution is 2.18. The van der Waals surface area contributed by atoms with Gasteiger partial charge in [0.15, 0.2) is 0 Å². The van der Waals surface area contributed by atoms with Gasteiger partial charge in [0, 0.05) is 31.7 Å². The van der Waals surface area contributed by atoms with E-state index in [0.717, 1.165) is 38.2 Å². The summed E-state index contributed by atoms with van der Waals surface area (Å²) in [5.74, 6) is 0.226. The fourth-order valence-corrected chi connectivity index (χ4v) is 3.70. The molecule has 1 atom stereocenters. The number of benzene rings is 1. The zero-order valence-electron chi connectivity index (χ0n) is 16.4. The van der Waals surface area contributed by atoms with Gasteiger partial charge in [-0.2, -0.15) is 5.10 Å². The van der Waals surface area contributed by atoms with Crippen molar-refractivity contribution in [2.45, 2.75) is 52.6 Å². The lowest BCUT2D eigenvalue weighted by Crippen LogP contribution is -2.38. The van der Waals surface area contributed by atoms with Crippen LogP contribution in [0.4, 0.5) is 0 Å². The lowest BCUT2D eigenvalue weighted by Gasteiger charge is -2.23. The van der Waals surface area contributed by atoms with E-state index in [1.54, 1.807) is 0 Å². The van der Waals surface area contributed by atoms with E-state index < -0.39 is 0 Å². The molecule has 1 unspecified atom stereocenters. The molecule has 1 aliphatic heterocycles. The quantitative estimate of drug-likeness (QED) is 0.867. The fourth-order valence-electron chi connectivity index (χ4n) is 3.70. The molecular weight excluding hydrogens is 324 g/mol. The van der Waals surface area contributed by atoms with Crippen LogP contribution in [0.3, 0.4) is 0 Å². The Morgan fingerprint density at radius 1 is 1.27 bits per heavy atom. The van der Waals surface area contributed by atoms with Crippen molar-refractivity contribution in [2.75, 3.05) is 20.1 Å². The molecule has 2 aromatic rings. The average Bonchev–Trinajstić information content (AvgIpc) is 3.24. The summed E-state index contributed by atoms with van der Waals surface area (Å²) in [6.45, 7) is 8.94. The van der Waals surface area contributed by atoms with Gasteiger partial charge in [-0.25, -0.2) is 0 Å².